The van der Waals surface area contributed by atoms with Crippen molar-refractivity contribution in [3.63, 3.8) is 0 Å². The molecule has 2 unspecified atom stereocenters. The van der Waals surface area contributed by atoms with E-state index in [1.54, 1.807) is 6.20 Å². The minimum absolute atomic E-state index is 0.220. The average molecular weight is 247 g/mol. The lowest BCUT2D eigenvalue weighted by Crippen LogP contribution is -2.45. The van der Waals surface area contributed by atoms with Crippen molar-refractivity contribution in [3.8, 4) is 0 Å². The third-order valence-electron chi connectivity index (χ3n) is 4.47. The predicted octanol–water partition coefficient (Wildman–Crippen LogP) is 1.42. The maximum absolute atomic E-state index is 11.1. The van der Waals surface area contributed by atoms with Crippen LogP contribution in [0.1, 0.15) is 36.8 Å². The zero-order valence-electron chi connectivity index (χ0n) is 10.9. The quantitative estimate of drug-likeness (QED) is 0.788. The fraction of sp³-hybridized carbons (Fsp3) is 0.643. The molecule has 0 aromatic carbocycles. The van der Waals surface area contributed by atoms with Crippen molar-refractivity contribution < 1.29 is 5.11 Å². The Bertz CT molecular complexity index is 462. The van der Waals surface area contributed by atoms with Crippen molar-refractivity contribution in [1.29, 1.82) is 0 Å². The second kappa shape index (κ2) is 4.21. The van der Waals surface area contributed by atoms with Crippen molar-refractivity contribution >= 4 is 5.82 Å². The Balaban J connectivity index is 2.01. The van der Waals surface area contributed by atoms with E-state index in [4.69, 9.17) is 5.73 Å². The first kappa shape index (κ1) is 11.9. The second-order valence-electron chi connectivity index (χ2n) is 5.67. The lowest BCUT2D eigenvalue weighted by Gasteiger charge is -2.38. The molecule has 3 rings (SSSR count). The maximum atomic E-state index is 11.1. The Kier molecular flexibility index (Phi) is 2.79. The third-order valence-corrected chi connectivity index (χ3v) is 4.47. The van der Waals surface area contributed by atoms with Gasteiger partial charge >= 0.3 is 0 Å². The van der Waals surface area contributed by atoms with Crippen LogP contribution in [0.3, 0.4) is 0 Å². The summed E-state index contributed by atoms with van der Waals surface area (Å²) in [6.45, 7) is 4.06. The van der Waals surface area contributed by atoms with E-state index in [1.807, 2.05) is 13.0 Å². The van der Waals surface area contributed by atoms with Crippen LogP contribution in [0.2, 0.25) is 0 Å². The molecule has 0 bridgehead atoms. The molecule has 4 heteroatoms. The molecule has 2 atom stereocenters. The summed E-state index contributed by atoms with van der Waals surface area (Å²) in [7, 11) is 0. The Morgan fingerprint density at radius 3 is 3.11 bits per heavy atom. The van der Waals surface area contributed by atoms with E-state index in [0.717, 1.165) is 37.1 Å². The molecular formula is C14H21N3O. The third kappa shape index (κ3) is 1.71. The van der Waals surface area contributed by atoms with E-state index in [2.05, 4.69) is 9.88 Å². The second-order valence-corrected chi connectivity index (χ2v) is 5.67. The molecular weight excluding hydrogens is 226 g/mol. The number of hydrogen-bond donors (Lipinski definition) is 2. The van der Waals surface area contributed by atoms with Gasteiger partial charge in [0, 0.05) is 24.3 Å². The summed E-state index contributed by atoms with van der Waals surface area (Å²) in [4.78, 5) is 6.61. The number of piperidine rings is 1. The highest BCUT2D eigenvalue weighted by molar-refractivity contribution is 5.46. The first-order valence-electron chi connectivity index (χ1n) is 6.80. The van der Waals surface area contributed by atoms with Crippen LogP contribution in [-0.2, 0) is 5.60 Å². The summed E-state index contributed by atoms with van der Waals surface area (Å²) in [6, 6.07) is 2.22. The van der Waals surface area contributed by atoms with Crippen molar-refractivity contribution in [3.05, 3.63) is 23.4 Å². The number of anilines is 1. The minimum Gasteiger partial charge on any atom is -0.383 e. The summed E-state index contributed by atoms with van der Waals surface area (Å²) in [5, 5.41) is 11.1. The van der Waals surface area contributed by atoms with Gasteiger partial charge in [-0.05, 0) is 44.4 Å². The van der Waals surface area contributed by atoms with Crippen molar-refractivity contribution in [2.45, 2.75) is 44.2 Å². The minimum atomic E-state index is -0.802. The van der Waals surface area contributed by atoms with E-state index in [0.29, 0.717) is 5.82 Å². The van der Waals surface area contributed by atoms with Gasteiger partial charge in [0.1, 0.15) is 11.4 Å². The standard InChI is InChI=1S/C14H21N3O/c1-10-8-11(13(15)16-9-10)14(18)5-7-17-6-3-2-4-12(14)17/h8-9,12,18H,2-7H2,1H3,(H2,15,16). The van der Waals surface area contributed by atoms with E-state index in [9.17, 15) is 5.11 Å². The van der Waals surface area contributed by atoms with Crippen LogP contribution in [-0.4, -0.2) is 34.1 Å². The summed E-state index contributed by atoms with van der Waals surface area (Å²) in [6.07, 6.45) is 6.03. The molecule has 98 valence electrons. The van der Waals surface area contributed by atoms with Crippen LogP contribution < -0.4 is 5.73 Å². The monoisotopic (exact) mass is 247 g/mol. The number of aliphatic hydroxyl groups is 1. The molecule has 1 aromatic rings. The highest BCUT2D eigenvalue weighted by Gasteiger charge is 2.48. The summed E-state index contributed by atoms with van der Waals surface area (Å²) in [5.74, 6) is 0.482. The highest BCUT2D eigenvalue weighted by Crippen LogP contribution is 2.43. The smallest absolute Gasteiger partial charge is 0.129 e. The SMILES string of the molecule is Cc1cnc(N)c(C2(O)CCN3CCCCC32)c1. The van der Waals surface area contributed by atoms with Crippen molar-refractivity contribution in [2.24, 2.45) is 0 Å². The molecule has 0 spiro atoms. The van der Waals surface area contributed by atoms with Crippen LogP contribution in [0.15, 0.2) is 12.3 Å². The zero-order valence-corrected chi connectivity index (χ0v) is 10.9. The number of aryl methyl sites for hydroxylation is 1. The number of pyridine rings is 1. The van der Waals surface area contributed by atoms with E-state index in [-0.39, 0.29) is 6.04 Å². The molecule has 2 saturated heterocycles. The van der Waals surface area contributed by atoms with E-state index in [1.165, 1.54) is 12.8 Å². The fourth-order valence-corrected chi connectivity index (χ4v) is 3.52. The Morgan fingerprint density at radius 2 is 2.28 bits per heavy atom. The molecule has 0 amide bonds. The van der Waals surface area contributed by atoms with Crippen LogP contribution in [0.5, 0.6) is 0 Å². The van der Waals surface area contributed by atoms with E-state index < -0.39 is 5.60 Å². The zero-order chi connectivity index (χ0) is 12.8. The average Bonchev–Trinajstić information content (AvgIpc) is 2.72. The Hall–Kier alpha value is -1.13. The van der Waals surface area contributed by atoms with Gasteiger partial charge in [0.05, 0.1) is 0 Å². The molecule has 0 radical (unpaired) electrons. The summed E-state index contributed by atoms with van der Waals surface area (Å²) in [5.41, 5.74) is 7.07. The number of nitrogen functional groups attached to an aromatic ring is 1. The van der Waals surface area contributed by atoms with Crippen LogP contribution >= 0.6 is 0 Å². The van der Waals surface area contributed by atoms with Gasteiger partial charge in [-0.25, -0.2) is 4.98 Å². The molecule has 3 heterocycles. The van der Waals surface area contributed by atoms with Gasteiger partial charge in [0.25, 0.3) is 0 Å². The highest BCUT2D eigenvalue weighted by atomic mass is 16.3. The van der Waals surface area contributed by atoms with Crippen LogP contribution in [0, 0.1) is 6.92 Å². The number of nitrogens with two attached hydrogens (primary N) is 1. The molecule has 0 aliphatic carbocycles. The fourth-order valence-electron chi connectivity index (χ4n) is 3.52. The van der Waals surface area contributed by atoms with Gasteiger partial charge in [-0.2, -0.15) is 0 Å². The van der Waals surface area contributed by atoms with Crippen molar-refractivity contribution in [1.82, 2.24) is 9.88 Å². The number of fused-ring (bicyclic) bond motifs is 1. The topological polar surface area (TPSA) is 62.4 Å². The molecule has 2 aliphatic heterocycles. The largest absolute Gasteiger partial charge is 0.383 e. The molecule has 2 aliphatic rings. The normalized spacial score (nSPS) is 32.4. The Morgan fingerprint density at radius 1 is 1.44 bits per heavy atom. The number of aromatic nitrogens is 1. The lowest BCUT2D eigenvalue weighted by molar-refractivity contribution is -0.0134. The van der Waals surface area contributed by atoms with Gasteiger partial charge < -0.3 is 10.8 Å². The number of nitrogens with zero attached hydrogens (tertiary/aromatic N) is 2. The van der Waals surface area contributed by atoms with Gasteiger partial charge in [0.15, 0.2) is 0 Å². The van der Waals surface area contributed by atoms with Gasteiger partial charge in [-0.15, -0.1) is 0 Å². The molecule has 3 N–H and O–H groups in total. The molecule has 18 heavy (non-hydrogen) atoms. The Labute approximate surface area is 108 Å². The molecule has 1 aromatic heterocycles. The summed E-state index contributed by atoms with van der Waals surface area (Å²) < 4.78 is 0. The van der Waals surface area contributed by atoms with Gasteiger partial charge in [-0.3, -0.25) is 4.90 Å². The first-order chi connectivity index (χ1) is 8.61. The molecule has 0 saturated carbocycles. The van der Waals surface area contributed by atoms with E-state index >= 15 is 0 Å². The van der Waals surface area contributed by atoms with Crippen LogP contribution in [0.4, 0.5) is 5.82 Å². The lowest BCUT2D eigenvalue weighted by atomic mass is 9.82. The van der Waals surface area contributed by atoms with Crippen LogP contribution in [0.25, 0.3) is 0 Å². The van der Waals surface area contributed by atoms with Gasteiger partial charge in [0.2, 0.25) is 0 Å². The predicted molar refractivity (Wildman–Crippen MR) is 71.1 cm³/mol. The summed E-state index contributed by atoms with van der Waals surface area (Å²) >= 11 is 0. The van der Waals surface area contributed by atoms with Crippen molar-refractivity contribution in [2.75, 3.05) is 18.8 Å². The first-order valence-corrected chi connectivity index (χ1v) is 6.80. The maximum Gasteiger partial charge on any atom is 0.129 e. The number of hydrogen-bond acceptors (Lipinski definition) is 4. The number of rotatable bonds is 1. The molecule has 2 fully saturated rings. The van der Waals surface area contributed by atoms with Gasteiger partial charge in [-0.1, -0.05) is 6.42 Å². The molecule has 4 nitrogen and oxygen atoms in total.